The molecule has 2 heterocycles. The van der Waals surface area contributed by atoms with Gasteiger partial charge in [0.25, 0.3) is 0 Å². The molecule has 1 unspecified atom stereocenters. The van der Waals surface area contributed by atoms with Gasteiger partial charge in [-0.1, -0.05) is 30.3 Å². The van der Waals surface area contributed by atoms with Crippen molar-refractivity contribution in [3.8, 4) is 0 Å². The molecule has 0 bridgehead atoms. The Morgan fingerprint density at radius 2 is 1.96 bits per heavy atom. The molecular weight excluding hydrogens is 324 g/mol. The van der Waals surface area contributed by atoms with E-state index in [0.29, 0.717) is 11.5 Å². The lowest BCUT2D eigenvalue weighted by molar-refractivity contribution is 0.0697. The summed E-state index contributed by atoms with van der Waals surface area (Å²) in [5, 5.41) is 13.8. The van der Waals surface area contributed by atoms with Gasteiger partial charge in [0, 0.05) is 23.1 Å². The third kappa shape index (κ3) is 3.13. The number of hydrogen-bond acceptors (Lipinski definition) is 2. The van der Waals surface area contributed by atoms with Crippen LogP contribution in [0, 0.1) is 12.8 Å². The van der Waals surface area contributed by atoms with Crippen LogP contribution in [0.25, 0.3) is 10.9 Å². The maximum Gasteiger partial charge on any atom is 0.335 e. The van der Waals surface area contributed by atoms with Crippen molar-refractivity contribution in [3.63, 3.8) is 0 Å². The summed E-state index contributed by atoms with van der Waals surface area (Å²) in [6, 6.07) is 15.9. The van der Waals surface area contributed by atoms with Crippen LogP contribution in [0.5, 0.6) is 0 Å². The Balaban J connectivity index is 1.70. The van der Waals surface area contributed by atoms with Crippen molar-refractivity contribution < 1.29 is 9.90 Å². The van der Waals surface area contributed by atoms with Crippen LogP contribution < -0.4 is 5.32 Å². The van der Waals surface area contributed by atoms with E-state index >= 15 is 0 Å². The second-order valence-corrected chi connectivity index (χ2v) is 7.23. The number of nitrogens with zero attached hydrogens (tertiary/aromatic N) is 1. The number of rotatable bonds is 5. The molecule has 0 saturated carbocycles. The van der Waals surface area contributed by atoms with Crippen LogP contribution in [0.4, 0.5) is 0 Å². The average Bonchev–Trinajstić information content (AvgIpc) is 3.25. The third-order valence-electron chi connectivity index (χ3n) is 5.55. The van der Waals surface area contributed by atoms with Crippen LogP contribution in [-0.4, -0.2) is 28.7 Å². The van der Waals surface area contributed by atoms with Gasteiger partial charge in [-0.15, -0.1) is 0 Å². The van der Waals surface area contributed by atoms with Gasteiger partial charge >= 0.3 is 5.97 Å². The predicted molar refractivity (Wildman–Crippen MR) is 104 cm³/mol. The second kappa shape index (κ2) is 6.96. The van der Waals surface area contributed by atoms with Gasteiger partial charge in [0.1, 0.15) is 0 Å². The summed E-state index contributed by atoms with van der Waals surface area (Å²) in [6.07, 6.45) is 2.06. The first-order valence-electron chi connectivity index (χ1n) is 9.23. The second-order valence-electron chi connectivity index (χ2n) is 7.23. The topological polar surface area (TPSA) is 54.3 Å². The minimum Gasteiger partial charge on any atom is -0.478 e. The fourth-order valence-electron chi connectivity index (χ4n) is 4.06. The molecule has 4 rings (SSSR count). The summed E-state index contributed by atoms with van der Waals surface area (Å²) in [5.41, 5.74) is 5.44. The average molecular weight is 348 g/mol. The van der Waals surface area contributed by atoms with Crippen molar-refractivity contribution in [1.82, 2.24) is 9.88 Å². The first-order chi connectivity index (χ1) is 12.6. The van der Waals surface area contributed by atoms with Gasteiger partial charge in [-0.25, -0.2) is 4.79 Å². The van der Waals surface area contributed by atoms with Gasteiger partial charge in [0.2, 0.25) is 0 Å². The van der Waals surface area contributed by atoms with E-state index in [1.807, 2.05) is 12.1 Å². The van der Waals surface area contributed by atoms with Gasteiger partial charge in [-0.3, -0.25) is 0 Å². The van der Waals surface area contributed by atoms with Gasteiger partial charge < -0.3 is 15.0 Å². The fraction of sp³-hybridized carbons (Fsp3) is 0.318. The smallest absolute Gasteiger partial charge is 0.335 e. The highest BCUT2D eigenvalue weighted by atomic mass is 16.4. The number of benzene rings is 2. The summed E-state index contributed by atoms with van der Waals surface area (Å²) in [6.45, 7) is 5.48. The normalized spacial score (nSPS) is 17.0. The summed E-state index contributed by atoms with van der Waals surface area (Å²) < 4.78 is 2.47. The predicted octanol–water partition coefficient (Wildman–Crippen LogP) is 3.85. The standard InChI is InChI=1S/C22H24N2O2/c1-15-20(12-16-6-8-18(9-7-16)22(25)26)19-4-2-3-5-21(19)24(15)14-17-10-11-23-13-17/h2-9,17,23H,10-14H2,1H3,(H,25,26). The zero-order chi connectivity index (χ0) is 18.1. The van der Waals surface area contributed by atoms with Crippen molar-refractivity contribution in [2.75, 3.05) is 13.1 Å². The van der Waals surface area contributed by atoms with E-state index in [9.17, 15) is 4.79 Å². The molecule has 1 aromatic heterocycles. The highest BCUT2D eigenvalue weighted by Crippen LogP contribution is 2.29. The fourth-order valence-corrected chi connectivity index (χ4v) is 4.06. The van der Waals surface area contributed by atoms with Crippen molar-refractivity contribution in [2.45, 2.75) is 26.3 Å². The number of fused-ring (bicyclic) bond motifs is 1. The molecule has 0 aliphatic carbocycles. The van der Waals surface area contributed by atoms with Crippen LogP contribution >= 0.6 is 0 Å². The first-order valence-corrected chi connectivity index (χ1v) is 9.23. The highest BCUT2D eigenvalue weighted by Gasteiger charge is 2.20. The summed E-state index contributed by atoms with van der Waals surface area (Å²) in [5.74, 6) is -0.193. The molecule has 134 valence electrons. The molecule has 1 aliphatic rings. The number of para-hydroxylation sites is 1. The molecule has 4 nitrogen and oxygen atoms in total. The molecule has 0 amide bonds. The molecule has 1 atom stereocenters. The Morgan fingerprint density at radius 3 is 2.65 bits per heavy atom. The Hall–Kier alpha value is -2.59. The number of aromatic carboxylic acids is 1. The van der Waals surface area contributed by atoms with Gasteiger partial charge in [0.05, 0.1) is 5.56 Å². The van der Waals surface area contributed by atoms with Gasteiger partial charge in [0.15, 0.2) is 0 Å². The monoisotopic (exact) mass is 348 g/mol. The molecular formula is C22H24N2O2. The van der Waals surface area contributed by atoms with E-state index in [1.165, 1.54) is 28.6 Å². The van der Waals surface area contributed by atoms with Crippen LogP contribution in [0.3, 0.4) is 0 Å². The number of carboxylic acids is 1. The first kappa shape index (κ1) is 16.9. The summed E-state index contributed by atoms with van der Waals surface area (Å²) in [4.78, 5) is 11.1. The molecule has 1 aliphatic heterocycles. The SMILES string of the molecule is Cc1c(Cc2ccc(C(=O)O)cc2)c2ccccc2n1CC1CCNC1. The Kier molecular flexibility index (Phi) is 4.51. The minimum absolute atomic E-state index is 0.335. The summed E-state index contributed by atoms with van der Waals surface area (Å²) in [7, 11) is 0. The molecule has 4 heteroatoms. The Labute approximate surface area is 153 Å². The number of carbonyl (C=O) groups is 1. The maximum atomic E-state index is 11.1. The minimum atomic E-state index is -0.880. The van der Waals surface area contributed by atoms with Crippen molar-refractivity contribution >= 4 is 16.9 Å². The number of nitrogens with one attached hydrogen (secondary N) is 1. The van der Waals surface area contributed by atoms with E-state index in [-0.39, 0.29) is 0 Å². The molecule has 2 N–H and O–H groups in total. The number of carboxylic acid groups (broad SMARTS) is 1. The summed E-state index contributed by atoms with van der Waals surface area (Å²) >= 11 is 0. The number of aromatic nitrogens is 1. The van der Waals surface area contributed by atoms with Crippen molar-refractivity contribution in [2.24, 2.45) is 5.92 Å². The molecule has 2 aromatic carbocycles. The lowest BCUT2D eigenvalue weighted by Crippen LogP contribution is -2.15. The number of hydrogen-bond donors (Lipinski definition) is 2. The third-order valence-corrected chi connectivity index (χ3v) is 5.55. The molecule has 0 spiro atoms. The lowest BCUT2D eigenvalue weighted by atomic mass is 10.0. The zero-order valence-corrected chi connectivity index (χ0v) is 15.0. The van der Waals surface area contributed by atoms with E-state index in [2.05, 4.69) is 41.1 Å². The van der Waals surface area contributed by atoms with Crippen molar-refractivity contribution in [1.29, 1.82) is 0 Å². The van der Waals surface area contributed by atoms with E-state index < -0.39 is 5.97 Å². The molecule has 26 heavy (non-hydrogen) atoms. The van der Waals surface area contributed by atoms with E-state index in [0.717, 1.165) is 31.6 Å². The van der Waals surface area contributed by atoms with Crippen LogP contribution in [-0.2, 0) is 13.0 Å². The van der Waals surface area contributed by atoms with Crippen LogP contribution in [0.2, 0.25) is 0 Å². The molecule has 1 fully saturated rings. The Bertz CT molecular complexity index is 935. The van der Waals surface area contributed by atoms with Gasteiger partial charge in [-0.05, 0) is 68.1 Å². The zero-order valence-electron chi connectivity index (χ0n) is 15.0. The van der Waals surface area contributed by atoms with Gasteiger partial charge in [-0.2, -0.15) is 0 Å². The molecule has 0 radical (unpaired) electrons. The van der Waals surface area contributed by atoms with Crippen LogP contribution in [0.1, 0.15) is 33.6 Å². The van der Waals surface area contributed by atoms with Crippen molar-refractivity contribution in [3.05, 3.63) is 70.9 Å². The Morgan fingerprint density at radius 1 is 1.19 bits per heavy atom. The lowest BCUT2D eigenvalue weighted by Gasteiger charge is -2.14. The largest absolute Gasteiger partial charge is 0.478 e. The van der Waals surface area contributed by atoms with Crippen LogP contribution in [0.15, 0.2) is 48.5 Å². The highest BCUT2D eigenvalue weighted by molar-refractivity contribution is 5.88. The maximum absolute atomic E-state index is 11.1. The molecule has 1 saturated heterocycles. The van der Waals surface area contributed by atoms with E-state index in [1.54, 1.807) is 12.1 Å². The van der Waals surface area contributed by atoms with E-state index in [4.69, 9.17) is 5.11 Å². The quantitative estimate of drug-likeness (QED) is 0.736. The molecule has 3 aromatic rings.